The molecule has 0 atom stereocenters. The van der Waals surface area contributed by atoms with Crippen LogP contribution in [0, 0.1) is 23.7 Å². The number of amides is 1. The summed E-state index contributed by atoms with van der Waals surface area (Å²) in [6.45, 7) is 3.33. The van der Waals surface area contributed by atoms with E-state index in [4.69, 9.17) is 19.2 Å². The van der Waals surface area contributed by atoms with E-state index in [2.05, 4.69) is 17.4 Å². The number of carbonyl (C=O) groups is 1. The van der Waals surface area contributed by atoms with Crippen molar-refractivity contribution in [2.75, 3.05) is 32.8 Å². The second-order valence-corrected chi connectivity index (χ2v) is 12.0. The smallest absolute Gasteiger partial charge is 0.260 e. The molecule has 5 saturated carbocycles. The van der Waals surface area contributed by atoms with Gasteiger partial charge in [0.2, 0.25) is 11.6 Å². The Kier molecular flexibility index (Phi) is 5.61. The Hall–Kier alpha value is -1.67. The van der Waals surface area contributed by atoms with E-state index in [1.165, 1.54) is 37.7 Å². The zero-order valence-corrected chi connectivity index (χ0v) is 20.6. The first-order valence-corrected chi connectivity index (χ1v) is 13.9. The summed E-state index contributed by atoms with van der Waals surface area (Å²) in [6, 6.07) is 8.30. The molecule has 35 heavy (non-hydrogen) atoms. The van der Waals surface area contributed by atoms with Crippen molar-refractivity contribution in [1.29, 1.82) is 0 Å². The lowest BCUT2D eigenvalue weighted by Gasteiger charge is -2.57. The molecule has 1 N–H and O–H groups in total. The van der Waals surface area contributed by atoms with Crippen LogP contribution in [0.2, 0.25) is 0 Å². The number of ether oxygens (including phenoxy) is 2. The molecule has 7 nitrogen and oxygen atoms in total. The molecule has 190 valence electrons. The summed E-state index contributed by atoms with van der Waals surface area (Å²) in [4.78, 5) is 26.5. The van der Waals surface area contributed by atoms with Crippen LogP contribution in [0.4, 0.5) is 0 Å². The number of rotatable bonds is 4. The summed E-state index contributed by atoms with van der Waals surface area (Å²) in [5.41, 5.74) is 1.32. The molecular formula is C28H38N2O5. The van der Waals surface area contributed by atoms with Crippen molar-refractivity contribution in [3.8, 4) is 5.75 Å². The first-order valence-electron chi connectivity index (χ1n) is 13.9. The highest BCUT2D eigenvalue weighted by atomic mass is 17.3. The molecule has 2 aliphatic heterocycles. The second-order valence-electron chi connectivity index (χ2n) is 12.0. The van der Waals surface area contributed by atoms with Crippen molar-refractivity contribution >= 4 is 5.91 Å². The van der Waals surface area contributed by atoms with Gasteiger partial charge in [-0.15, -0.1) is 0 Å². The van der Waals surface area contributed by atoms with Gasteiger partial charge in [0.25, 0.3) is 5.91 Å². The first kappa shape index (κ1) is 22.5. The molecule has 7 heteroatoms. The topological polar surface area (TPSA) is 69.3 Å². The molecule has 1 aromatic carbocycles. The van der Waals surface area contributed by atoms with Gasteiger partial charge in [0.05, 0.1) is 0 Å². The normalized spacial score (nSPS) is 42.2. The van der Waals surface area contributed by atoms with Gasteiger partial charge in [0.15, 0.2) is 6.61 Å². The van der Waals surface area contributed by atoms with Crippen LogP contribution in [0.3, 0.4) is 0 Å². The third-order valence-corrected chi connectivity index (χ3v) is 9.88. The van der Waals surface area contributed by atoms with Crippen LogP contribution in [0.1, 0.15) is 69.3 Å². The summed E-state index contributed by atoms with van der Waals surface area (Å²) in [5, 5.41) is 3.27. The highest BCUT2D eigenvalue weighted by Gasteiger charge is 2.66. The van der Waals surface area contributed by atoms with E-state index in [0.717, 1.165) is 69.4 Å². The number of piperazine rings is 1. The third kappa shape index (κ3) is 3.99. The lowest BCUT2D eigenvalue weighted by Crippen LogP contribution is -2.59. The molecule has 2 saturated heterocycles. The van der Waals surface area contributed by atoms with Gasteiger partial charge in [-0.2, -0.15) is 9.78 Å². The highest BCUT2D eigenvalue weighted by molar-refractivity contribution is 5.77. The molecule has 5 aliphatic carbocycles. The summed E-state index contributed by atoms with van der Waals surface area (Å²) in [7, 11) is 0. The lowest BCUT2D eigenvalue weighted by molar-refractivity contribution is -0.390. The molecule has 7 fully saturated rings. The second kappa shape index (κ2) is 8.72. The van der Waals surface area contributed by atoms with Gasteiger partial charge in [-0.05, 0) is 80.4 Å². The Morgan fingerprint density at radius 3 is 2.26 bits per heavy atom. The maximum absolute atomic E-state index is 12.3. The summed E-state index contributed by atoms with van der Waals surface area (Å²) in [5.74, 6) is 3.07. The Bertz CT molecular complexity index is 907. The maximum Gasteiger partial charge on any atom is 0.260 e. The molecule has 4 bridgehead atoms. The molecule has 7 aliphatic rings. The Balaban J connectivity index is 0.936. The van der Waals surface area contributed by atoms with Crippen molar-refractivity contribution in [2.45, 2.75) is 75.3 Å². The van der Waals surface area contributed by atoms with E-state index in [1.807, 2.05) is 17.0 Å². The minimum Gasteiger partial charge on any atom is -0.484 e. The predicted octanol–water partition coefficient (Wildman–Crippen LogP) is 3.98. The number of nitrogens with one attached hydrogen (secondary N) is 1. The van der Waals surface area contributed by atoms with Crippen molar-refractivity contribution in [1.82, 2.24) is 10.2 Å². The largest absolute Gasteiger partial charge is 0.484 e. The van der Waals surface area contributed by atoms with Crippen LogP contribution in [0.15, 0.2) is 24.3 Å². The van der Waals surface area contributed by atoms with Gasteiger partial charge in [0.1, 0.15) is 5.75 Å². The van der Waals surface area contributed by atoms with Crippen molar-refractivity contribution < 1.29 is 24.0 Å². The van der Waals surface area contributed by atoms with E-state index < -0.39 is 11.6 Å². The Morgan fingerprint density at radius 1 is 0.943 bits per heavy atom. The Morgan fingerprint density at radius 2 is 1.60 bits per heavy atom. The quantitative estimate of drug-likeness (QED) is 0.655. The van der Waals surface area contributed by atoms with E-state index >= 15 is 0 Å². The first-order chi connectivity index (χ1) is 17.1. The van der Waals surface area contributed by atoms with Crippen LogP contribution >= 0.6 is 0 Å². The number of carbonyl (C=O) groups excluding carboxylic acids is 1. The van der Waals surface area contributed by atoms with Crippen molar-refractivity contribution in [3.05, 3.63) is 29.8 Å². The zero-order valence-electron chi connectivity index (χ0n) is 20.6. The van der Waals surface area contributed by atoms with Gasteiger partial charge < -0.3 is 19.7 Å². The van der Waals surface area contributed by atoms with E-state index in [-0.39, 0.29) is 12.5 Å². The highest BCUT2D eigenvalue weighted by Crippen LogP contribution is 2.64. The van der Waals surface area contributed by atoms with E-state index in [1.54, 1.807) is 0 Å². The van der Waals surface area contributed by atoms with Gasteiger partial charge >= 0.3 is 0 Å². The van der Waals surface area contributed by atoms with Crippen LogP contribution in [0.25, 0.3) is 0 Å². The maximum atomic E-state index is 12.3. The molecule has 1 aromatic rings. The summed E-state index contributed by atoms with van der Waals surface area (Å²) < 4.78 is 12.6. The average Bonchev–Trinajstić information content (AvgIpc) is 3.26. The minimum atomic E-state index is -0.556. The lowest BCUT2D eigenvalue weighted by atomic mass is 9.53. The fraction of sp³-hybridized carbons (Fsp3) is 0.750. The summed E-state index contributed by atoms with van der Waals surface area (Å²) >= 11 is 0. The Labute approximate surface area is 207 Å². The minimum absolute atomic E-state index is 0.0591. The SMILES string of the molecule is O=C(COc1ccc(C2CCC3(CC2)OOC2(O3)C3CC4CC(C3)CC2C4)cc1)N1CCNCC1. The fourth-order valence-electron chi connectivity index (χ4n) is 8.17. The van der Waals surface area contributed by atoms with Crippen LogP contribution in [-0.2, 0) is 19.3 Å². The van der Waals surface area contributed by atoms with Crippen LogP contribution in [0.5, 0.6) is 5.75 Å². The molecule has 8 rings (SSSR count). The van der Waals surface area contributed by atoms with Crippen molar-refractivity contribution in [2.24, 2.45) is 23.7 Å². The number of hydrogen-bond acceptors (Lipinski definition) is 6. The van der Waals surface area contributed by atoms with Gasteiger partial charge in [-0.1, -0.05) is 12.1 Å². The molecule has 2 spiro atoms. The van der Waals surface area contributed by atoms with Gasteiger partial charge in [0, 0.05) is 50.9 Å². The van der Waals surface area contributed by atoms with Gasteiger partial charge in [-0.25, -0.2) is 0 Å². The van der Waals surface area contributed by atoms with Crippen LogP contribution in [-0.4, -0.2) is 55.2 Å². The molecule has 1 amide bonds. The average molecular weight is 483 g/mol. The number of nitrogens with zero attached hydrogens (tertiary/aromatic N) is 1. The molecule has 2 heterocycles. The zero-order chi connectivity index (χ0) is 23.5. The standard InChI is InChI=1S/C28H38N2O5/c31-26(30-11-9-29-10-12-30)18-32-25-3-1-21(2-4-25)22-5-7-27(8-6-22)33-28(35-34-27)23-14-19-13-20(16-23)17-24(28)15-19/h1-4,19-20,22-24,29H,5-18H2. The third-order valence-electron chi connectivity index (χ3n) is 9.88. The predicted molar refractivity (Wildman–Crippen MR) is 128 cm³/mol. The van der Waals surface area contributed by atoms with Gasteiger partial charge in [-0.3, -0.25) is 4.79 Å². The molecule has 0 aromatic heterocycles. The molecule has 0 radical (unpaired) electrons. The monoisotopic (exact) mass is 482 g/mol. The summed E-state index contributed by atoms with van der Waals surface area (Å²) in [6.07, 6.45) is 10.3. The number of hydrogen-bond donors (Lipinski definition) is 1. The van der Waals surface area contributed by atoms with Crippen molar-refractivity contribution in [3.63, 3.8) is 0 Å². The molecule has 0 unspecified atom stereocenters. The van der Waals surface area contributed by atoms with E-state index in [0.29, 0.717) is 17.8 Å². The van der Waals surface area contributed by atoms with E-state index in [9.17, 15) is 4.79 Å². The molecular weight excluding hydrogens is 444 g/mol. The fourth-order valence-corrected chi connectivity index (χ4v) is 8.17. The number of benzene rings is 1. The van der Waals surface area contributed by atoms with Crippen LogP contribution < -0.4 is 10.1 Å².